The second-order valence-corrected chi connectivity index (χ2v) is 5.77. The summed E-state index contributed by atoms with van der Waals surface area (Å²) in [6.07, 6.45) is 11.1. The normalized spacial score (nSPS) is 23.9. The summed E-state index contributed by atoms with van der Waals surface area (Å²) in [5.74, 6) is 0.601. The fourth-order valence-electron chi connectivity index (χ4n) is 3.18. The quantitative estimate of drug-likeness (QED) is 0.447. The van der Waals surface area contributed by atoms with E-state index in [0.29, 0.717) is 18.5 Å². The van der Waals surface area contributed by atoms with Crippen LogP contribution in [0.2, 0.25) is 0 Å². The smallest absolute Gasteiger partial charge is 0.188 e. The first-order valence-corrected chi connectivity index (χ1v) is 7.36. The van der Waals surface area contributed by atoms with E-state index in [2.05, 4.69) is 10.3 Å². The molecule has 0 saturated heterocycles. The predicted molar refractivity (Wildman–Crippen MR) is 90.1 cm³/mol. The lowest BCUT2D eigenvalue weighted by atomic mass is 9.85. The zero-order valence-electron chi connectivity index (χ0n) is 12.0. The second kappa shape index (κ2) is 8.29. The molecule has 2 fully saturated rings. The molecule has 0 aromatic carbocycles. The molecule has 2 saturated carbocycles. The molecule has 19 heavy (non-hydrogen) atoms. The van der Waals surface area contributed by atoms with Crippen LogP contribution in [0, 0.1) is 0 Å². The number of nitrogens with two attached hydrogens (primary N) is 1. The molecule has 0 spiro atoms. The lowest BCUT2D eigenvalue weighted by Gasteiger charge is -2.34. The standard InChI is InChI=1S/C14H27N3O.HI/c1-18-14(9-5-2-6-10-14)11-16-13(15)17-12-7-3-4-8-12;/h12H,2-11H2,1H3,(H3,15,16,17);1H. The van der Waals surface area contributed by atoms with E-state index in [0.717, 1.165) is 12.8 Å². The van der Waals surface area contributed by atoms with E-state index in [4.69, 9.17) is 10.5 Å². The monoisotopic (exact) mass is 381 g/mol. The van der Waals surface area contributed by atoms with Gasteiger partial charge in [-0.3, -0.25) is 4.99 Å². The van der Waals surface area contributed by atoms with E-state index in [9.17, 15) is 0 Å². The zero-order chi connectivity index (χ0) is 12.8. The van der Waals surface area contributed by atoms with Crippen molar-refractivity contribution in [1.29, 1.82) is 0 Å². The summed E-state index contributed by atoms with van der Waals surface area (Å²) in [5.41, 5.74) is 5.91. The van der Waals surface area contributed by atoms with Gasteiger partial charge in [0.1, 0.15) is 0 Å². The number of rotatable bonds is 4. The van der Waals surface area contributed by atoms with Crippen molar-refractivity contribution in [2.24, 2.45) is 10.7 Å². The minimum Gasteiger partial charge on any atom is -0.376 e. The van der Waals surface area contributed by atoms with Gasteiger partial charge in [0.25, 0.3) is 0 Å². The fraction of sp³-hybridized carbons (Fsp3) is 0.929. The van der Waals surface area contributed by atoms with Crippen molar-refractivity contribution in [2.75, 3.05) is 13.7 Å². The summed E-state index contributed by atoms with van der Waals surface area (Å²) in [4.78, 5) is 4.51. The molecule has 0 unspecified atom stereocenters. The number of methoxy groups -OCH3 is 1. The van der Waals surface area contributed by atoms with E-state index >= 15 is 0 Å². The van der Waals surface area contributed by atoms with Crippen molar-refractivity contribution in [3.05, 3.63) is 0 Å². The molecule has 0 aliphatic heterocycles. The Morgan fingerprint density at radius 1 is 1.21 bits per heavy atom. The van der Waals surface area contributed by atoms with Crippen LogP contribution in [-0.4, -0.2) is 31.3 Å². The van der Waals surface area contributed by atoms with Gasteiger partial charge in [0.15, 0.2) is 5.96 Å². The van der Waals surface area contributed by atoms with Crippen molar-refractivity contribution in [3.63, 3.8) is 0 Å². The number of ether oxygens (including phenoxy) is 1. The average molecular weight is 381 g/mol. The van der Waals surface area contributed by atoms with Crippen LogP contribution in [0.15, 0.2) is 4.99 Å². The summed E-state index contributed by atoms with van der Waals surface area (Å²) in [6, 6.07) is 0.540. The summed E-state index contributed by atoms with van der Waals surface area (Å²) in [6.45, 7) is 0.703. The molecule has 0 bridgehead atoms. The van der Waals surface area contributed by atoms with Crippen molar-refractivity contribution >= 4 is 29.9 Å². The fourth-order valence-corrected chi connectivity index (χ4v) is 3.18. The van der Waals surface area contributed by atoms with Gasteiger partial charge >= 0.3 is 0 Å². The third-order valence-corrected chi connectivity index (χ3v) is 4.44. The van der Waals surface area contributed by atoms with Crippen LogP contribution >= 0.6 is 24.0 Å². The Balaban J connectivity index is 0.00000180. The van der Waals surface area contributed by atoms with Crippen LogP contribution in [0.25, 0.3) is 0 Å². The van der Waals surface area contributed by atoms with Crippen LogP contribution in [-0.2, 0) is 4.74 Å². The van der Waals surface area contributed by atoms with E-state index in [1.807, 2.05) is 0 Å². The highest BCUT2D eigenvalue weighted by Crippen LogP contribution is 2.31. The van der Waals surface area contributed by atoms with Crippen LogP contribution in [0.1, 0.15) is 57.8 Å². The van der Waals surface area contributed by atoms with Gasteiger partial charge in [0, 0.05) is 13.2 Å². The van der Waals surface area contributed by atoms with Gasteiger partial charge in [-0.2, -0.15) is 0 Å². The molecule has 0 aromatic rings. The molecule has 2 aliphatic carbocycles. The molecule has 2 rings (SSSR count). The molecular weight excluding hydrogens is 353 g/mol. The third-order valence-electron chi connectivity index (χ3n) is 4.44. The van der Waals surface area contributed by atoms with Crippen molar-refractivity contribution in [2.45, 2.75) is 69.4 Å². The van der Waals surface area contributed by atoms with E-state index in [-0.39, 0.29) is 29.6 Å². The average Bonchev–Trinajstić information content (AvgIpc) is 2.90. The minimum absolute atomic E-state index is 0. The molecule has 0 atom stereocenters. The maximum atomic E-state index is 5.97. The molecule has 112 valence electrons. The van der Waals surface area contributed by atoms with Gasteiger partial charge in [-0.25, -0.2) is 0 Å². The Morgan fingerprint density at radius 2 is 1.84 bits per heavy atom. The van der Waals surface area contributed by atoms with E-state index in [1.165, 1.54) is 44.9 Å². The Hall–Kier alpha value is -0.0400. The Bertz CT molecular complexity index is 284. The summed E-state index contributed by atoms with van der Waals surface area (Å²) in [7, 11) is 1.81. The molecule has 5 heteroatoms. The number of nitrogens with zero attached hydrogens (tertiary/aromatic N) is 1. The lowest BCUT2D eigenvalue weighted by molar-refractivity contribution is -0.0308. The lowest BCUT2D eigenvalue weighted by Crippen LogP contribution is -2.42. The Labute approximate surface area is 134 Å². The van der Waals surface area contributed by atoms with Crippen LogP contribution in [0.4, 0.5) is 0 Å². The highest BCUT2D eigenvalue weighted by Gasteiger charge is 2.31. The maximum Gasteiger partial charge on any atom is 0.188 e. The number of aliphatic imine (C=N–C) groups is 1. The summed E-state index contributed by atoms with van der Waals surface area (Å²) >= 11 is 0. The predicted octanol–water partition coefficient (Wildman–Crippen LogP) is 2.80. The van der Waals surface area contributed by atoms with Gasteiger partial charge in [-0.15, -0.1) is 24.0 Å². The number of hydrogen-bond acceptors (Lipinski definition) is 2. The highest BCUT2D eigenvalue weighted by atomic mass is 127. The van der Waals surface area contributed by atoms with E-state index in [1.54, 1.807) is 7.11 Å². The van der Waals surface area contributed by atoms with Crippen LogP contribution < -0.4 is 11.1 Å². The van der Waals surface area contributed by atoms with Crippen molar-refractivity contribution in [3.8, 4) is 0 Å². The molecule has 0 aromatic heterocycles. The molecule has 0 amide bonds. The number of guanidine groups is 1. The van der Waals surface area contributed by atoms with Gasteiger partial charge in [0.2, 0.25) is 0 Å². The first kappa shape index (κ1) is 17.0. The largest absolute Gasteiger partial charge is 0.376 e. The zero-order valence-corrected chi connectivity index (χ0v) is 14.3. The molecule has 0 radical (unpaired) electrons. The SMILES string of the molecule is COC1(CN=C(N)NC2CCCC2)CCCCC1.I. The first-order valence-electron chi connectivity index (χ1n) is 7.36. The minimum atomic E-state index is -0.0553. The maximum absolute atomic E-state index is 5.97. The number of hydrogen-bond donors (Lipinski definition) is 2. The highest BCUT2D eigenvalue weighted by molar-refractivity contribution is 14.0. The molecule has 0 heterocycles. The van der Waals surface area contributed by atoms with Gasteiger partial charge in [-0.1, -0.05) is 32.1 Å². The Morgan fingerprint density at radius 3 is 2.42 bits per heavy atom. The molecule has 2 aliphatic rings. The first-order chi connectivity index (χ1) is 8.74. The van der Waals surface area contributed by atoms with Crippen LogP contribution in [0.5, 0.6) is 0 Å². The molecule has 4 nitrogen and oxygen atoms in total. The summed E-state index contributed by atoms with van der Waals surface area (Å²) < 4.78 is 5.71. The van der Waals surface area contributed by atoms with Gasteiger partial charge in [0.05, 0.1) is 12.1 Å². The summed E-state index contributed by atoms with van der Waals surface area (Å²) in [5, 5.41) is 3.33. The Kier molecular flexibility index (Phi) is 7.42. The molecule has 3 N–H and O–H groups in total. The third kappa shape index (κ3) is 5.10. The van der Waals surface area contributed by atoms with Crippen LogP contribution in [0.3, 0.4) is 0 Å². The van der Waals surface area contributed by atoms with E-state index < -0.39 is 0 Å². The molecular formula is C14H28IN3O. The van der Waals surface area contributed by atoms with Crippen molar-refractivity contribution in [1.82, 2.24) is 5.32 Å². The van der Waals surface area contributed by atoms with Gasteiger partial charge in [-0.05, 0) is 25.7 Å². The topological polar surface area (TPSA) is 59.6 Å². The van der Waals surface area contributed by atoms with Crippen molar-refractivity contribution < 1.29 is 4.74 Å². The second-order valence-electron chi connectivity index (χ2n) is 5.77. The number of halogens is 1. The van der Waals surface area contributed by atoms with Gasteiger partial charge < -0.3 is 15.8 Å². The number of nitrogens with one attached hydrogen (secondary N) is 1.